The maximum Gasteiger partial charge on any atom is 0.141 e. The average molecular weight is 323 g/mol. The monoisotopic (exact) mass is 322 g/mol. The van der Waals surface area contributed by atoms with E-state index in [-0.39, 0.29) is 0 Å². The van der Waals surface area contributed by atoms with Crippen LogP contribution in [0.25, 0.3) is 10.2 Å². The molecule has 0 spiro atoms. The number of nitrogens with zero attached hydrogens (tertiary/aromatic N) is 3. The minimum atomic E-state index is 0.543. The Kier molecular flexibility index (Phi) is 5.11. The highest BCUT2D eigenvalue weighted by atomic mass is 32.1. The highest BCUT2D eigenvalue weighted by Gasteiger charge is 2.18. The van der Waals surface area contributed by atoms with Gasteiger partial charge in [0.2, 0.25) is 0 Å². The molecule has 114 valence electrons. The van der Waals surface area contributed by atoms with E-state index in [2.05, 4.69) is 42.6 Å². The van der Waals surface area contributed by atoms with Gasteiger partial charge in [-0.05, 0) is 25.3 Å². The zero-order valence-corrected chi connectivity index (χ0v) is 14.6. The van der Waals surface area contributed by atoms with Crippen LogP contribution in [0.5, 0.6) is 0 Å². The van der Waals surface area contributed by atoms with Crippen LogP contribution in [0.2, 0.25) is 0 Å². The lowest BCUT2D eigenvalue weighted by molar-refractivity contribution is 0.610. The first-order valence-corrected chi connectivity index (χ1v) is 8.36. The third kappa shape index (κ3) is 3.68. The molecule has 0 radical (unpaired) electrons. The smallest absolute Gasteiger partial charge is 0.141 e. The van der Waals surface area contributed by atoms with Gasteiger partial charge >= 0.3 is 0 Å². The van der Waals surface area contributed by atoms with Gasteiger partial charge in [-0.1, -0.05) is 26.1 Å². The molecule has 0 atom stereocenters. The van der Waals surface area contributed by atoms with Crippen LogP contribution in [-0.2, 0) is 0 Å². The van der Waals surface area contributed by atoms with Gasteiger partial charge in [0.15, 0.2) is 0 Å². The first-order chi connectivity index (χ1) is 9.90. The minimum Gasteiger partial charge on any atom is -0.393 e. The molecule has 0 aliphatic rings. The van der Waals surface area contributed by atoms with Crippen LogP contribution in [0.4, 0.5) is 5.82 Å². The number of thiocarbonyl (C=S) groups is 1. The number of hydrogen-bond donors (Lipinski definition) is 1. The molecule has 2 rings (SSSR count). The molecule has 0 fully saturated rings. The van der Waals surface area contributed by atoms with Gasteiger partial charge in [0.1, 0.15) is 17.0 Å². The number of nitrogens with two attached hydrogens (primary N) is 1. The molecule has 2 aromatic heterocycles. The molecule has 0 aliphatic heterocycles. The fraction of sp³-hybridized carbons (Fsp3) is 0.533. The van der Waals surface area contributed by atoms with Crippen LogP contribution in [0.15, 0.2) is 6.33 Å². The minimum absolute atomic E-state index is 0.543. The third-order valence-corrected chi connectivity index (χ3v) is 4.78. The van der Waals surface area contributed by atoms with Crippen LogP contribution in [-0.4, -0.2) is 28.0 Å². The summed E-state index contributed by atoms with van der Waals surface area (Å²) in [5.74, 6) is 1.55. The van der Waals surface area contributed by atoms with E-state index in [1.165, 1.54) is 15.8 Å². The summed E-state index contributed by atoms with van der Waals surface area (Å²) in [5, 5.41) is 1.17. The maximum atomic E-state index is 5.67. The Balaban J connectivity index is 2.45. The van der Waals surface area contributed by atoms with Gasteiger partial charge in [0.25, 0.3) is 0 Å². The summed E-state index contributed by atoms with van der Waals surface area (Å²) < 4.78 is 0. The predicted molar refractivity (Wildman–Crippen MR) is 95.3 cm³/mol. The number of thiophene rings is 1. The van der Waals surface area contributed by atoms with E-state index >= 15 is 0 Å². The van der Waals surface area contributed by atoms with E-state index in [9.17, 15) is 0 Å². The summed E-state index contributed by atoms with van der Waals surface area (Å²) in [5.41, 5.74) is 6.94. The molecule has 0 saturated heterocycles. The van der Waals surface area contributed by atoms with E-state index in [1.807, 2.05) is 0 Å². The first kappa shape index (κ1) is 16.1. The Bertz CT molecular complexity index is 648. The van der Waals surface area contributed by atoms with Crippen molar-refractivity contribution in [1.29, 1.82) is 0 Å². The second kappa shape index (κ2) is 6.66. The zero-order valence-electron chi connectivity index (χ0n) is 13.0. The van der Waals surface area contributed by atoms with Gasteiger partial charge in [-0.2, -0.15) is 0 Å². The van der Waals surface area contributed by atoms with Crippen molar-refractivity contribution in [2.45, 2.75) is 34.1 Å². The molecule has 0 amide bonds. The van der Waals surface area contributed by atoms with E-state index in [0.29, 0.717) is 17.3 Å². The molecule has 2 N–H and O–H groups in total. The van der Waals surface area contributed by atoms with Crippen molar-refractivity contribution in [3.05, 3.63) is 16.8 Å². The van der Waals surface area contributed by atoms with Gasteiger partial charge in [-0.15, -0.1) is 11.3 Å². The Labute approximate surface area is 135 Å². The Morgan fingerprint density at radius 2 is 2.10 bits per heavy atom. The molecular formula is C15H22N4S2. The fourth-order valence-electron chi connectivity index (χ4n) is 2.37. The Morgan fingerprint density at radius 3 is 2.71 bits per heavy atom. The van der Waals surface area contributed by atoms with Crippen LogP contribution < -0.4 is 10.6 Å². The van der Waals surface area contributed by atoms with Crippen molar-refractivity contribution in [3.63, 3.8) is 0 Å². The molecule has 0 unspecified atom stereocenters. The van der Waals surface area contributed by atoms with Crippen molar-refractivity contribution in [3.8, 4) is 0 Å². The molecule has 2 heterocycles. The summed E-state index contributed by atoms with van der Waals surface area (Å²) in [4.78, 5) is 14.1. The molecular weight excluding hydrogens is 300 g/mol. The Hall–Kier alpha value is -1.27. The van der Waals surface area contributed by atoms with Crippen LogP contribution in [0, 0.1) is 19.8 Å². The molecule has 0 aromatic carbocycles. The molecule has 4 nitrogen and oxygen atoms in total. The summed E-state index contributed by atoms with van der Waals surface area (Å²) in [6.07, 6.45) is 2.36. The Morgan fingerprint density at radius 1 is 1.38 bits per heavy atom. The molecule has 2 aromatic rings. The number of fused-ring (bicyclic) bond motifs is 1. The van der Waals surface area contributed by atoms with Crippen molar-refractivity contribution in [2.24, 2.45) is 11.7 Å². The fourth-order valence-corrected chi connectivity index (χ4v) is 3.46. The molecule has 0 bridgehead atoms. The summed E-state index contributed by atoms with van der Waals surface area (Å²) in [7, 11) is 0. The largest absolute Gasteiger partial charge is 0.393 e. The molecule has 0 saturated carbocycles. The lowest BCUT2D eigenvalue weighted by Crippen LogP contribution is -2.31. The van der Waals surface area contributed by atoms with E-state index in [4.69, 9.17) is 18.0 Å². The lowest BCUT2D eigenvalue weighted by atomic mass is 10.1. The van der Waals surface area contributed by atoms with Crippen LogP contribution in [0.1, 0.15) is 30.7 Å². The summed E-state index contributed by atoms with van der Waals surface area (Å²) >= 11 is 6.75. The van der Waals surface area contributed by atoms with Gasteiger partial charge in [0.05, 0.1) is 10.4 Å². The number of rotatable bonds is 6. The number of aromatic nitrogens is 2. The van der Waals surface area contributed by atoms with Crippen molar-refractivity contribution in [1.82, 2.24) is 9.97 Å². The number of hydrogen-bond acceptors (Lipinski definition) is 5. The van der Waals surface area contributed by atoms with Gasteiger partial charge in [0, 0.05) is 24.4 Å². The number of anilines is 1. The normalized spacial score (nSPS) is 11.3. The molecule has 0 aliphatic carbocycles. The van der Waals surface area contributed by atoms with Crippen molar-refractivity contribution >= 4 is 44.6 Å². The van der Waals surface area contributed by atoms with Crippen molar-refractivity contribution < 1.29 is 0 Å². The van der Waals surface area contributed by atoms with E-state index < -0.39 is 0 Å². The quantitative estimate of drug-likeness (QED) is 0.826. The molecule has 6 heteroatoms. The van der Waals surface area contributed by atoms with Gasteiger partial charge in [-0.3, -0.25) is 0 Å². The van der Waals surface area contributed by atoms with Crippen LogP contribution >= 0.6 is 23.6 Å². The maximum absolute atomic E-state index is 5.67. The van der Waals surface area contributed by atoms with E-state index in [1.54, 1.807) is 17.7 Å². The van der Waals surface area contributed by atoms with Crippen molar-refractivity contribution in [2.75, 3.05) is 18.0 Å². The predicted octanol–water partition coefficient (Wildman–Crippen LogP) is 3.45. The topological polar surface area (TPSA) is 55.0 Å². The second-order valence-corrected chi connectivity index (χ2v) is 7.44. The highest BCUT2D eigenvalue weighted by Crippen LogP contribution is 2.34. The van der Waals surface area contributed by atoms with Gasteiger partial charge < -0.3 is 10.6 Å². The van der Waals surface area contributed by atoms with Gasteiger partial charge in [-0.25, -0.2) is 9.97 Å². The highest BCUT2D eigenvalue weighted by molar-refractivity contribution is 7.80. The summed E-state index contributed by atoms with van der Waals surface area (Å²) in [6.45, 7) is 10.4. The standard InChI is InChI=1S/C15H22N4S2/c1-9(2)7-19(6-5-12(16)20)14-13-10(3)11(4)21-15(13)18-8-17-14/h8-9H,5-7H2,1-4H3,(H2,16,20). The first-order valence-electron chi connectivity index (χ1n) is 7.14. The second-order valence-electron chi connectivity index (χ2n) is 5.72. The molecule has 21 heavy (non-hydrogen) atoms. The number of aryl methyl sites for hydroxylation is 2. The SMILES string of the molecule is Cc1sc2ncnc(N(CCC(N)=S)CC(C)C)c2c1C. The van der Waals surface area contributed by atoms with E-state index in [0.717, 1.165) is 23.7 Å². The average Bonchev–Trinajstić information content (AvgIpc) is 2.70. The third-order valence-electron chi connectivity index (χ3n) is 3.46. The van der Waals surface area contributed by atoms with Crippen LogP contribution in [0.3, 0.4) is 0 Å². The lowest BCUT2D eigenvalue weighted by Gasteiger charge is -2.26. The zero-order chi connectivity index (χ0) is 15.6. The summed E-state index contributed by atoms with van der Waals surface area (Å²) in [6, 6.07) is 0.